The molecule has 1 aromatic heterocycles. The zero-order valence-electron chi connectivity index (χ0n) is 13.9. The summed E-state index contributed by atoms with van der Waals surface area (Å²) in [4.78, 5) is 4.73. The van der Waals surface area contributed by atoms with Gasteiger partial charge in [-0.3, -0.25) is 0 Å². The maximum Gasteiger partial charge on any atom is 0.112 e. The van der Waals surface area contributed by atoms with Crippen LogP contribution in [0.2, 0.25) is 0 Å². The van der Waals surface area contributed by atoms with Crippen molar-refractivity contribution < 1.29 is 5.11 Å². The summed E-state index contributed by atoms with van der Waals surface area (Å²) in [7, 11) is 0. The molecule has 3 nitrogen and oxygen atoms in total. The van der Waals surface area contributed by atoms with Crippen molar-refractivity contribution in [2.45, 2.75) is 39.7 Å². The first-order valence-electron chi connectivity index (χ1n) is 8.30. The molecule has 3 rings (SSSR count). The summed E-state index contributed by atoms with van der Waals surface area (Å²) >= 11 is 0. The monoisotopic (exact) mass is 308 g/mol. The predicted molar refractivity (Wildman–Crippen MR) is 94.8 cm³/mol. The summed E-state index contributed by atoms with van der Waals surface area (Å²) in [6, 6.07) is 15.0. The van der Waals surface area contributed by atoms with Gasteiger partial charge in [-0.15, -0.1) is 0 Å². The third kappa shape index (κ3) is 3.45. The Bertz CT molecular complexity index is 790. The topological polar surface area (TPSA) is 38.1 Å². The van der Waals surface area contributed by atoms with Crippen molar-refractivity contribution in [3.05, 3.63) is 65.0 Å². The van der Waals surface area contributed by atoms with E-state index in [4.69, 9.17) is 4.98 Å². The Hall–Kier alpha value is -2.13. The van der Waals surface area contributed by atoms with E-state index < -0.39 is 0 Å². The van der Waals surface area contributed by atoms with Gasteiger partial charge in [0.2, 0.25) is 0 Å². The van der Waals surface area contributed by atoms with E-state index in [0.717, 1.165) is 30.7 Å². The van der Waals surface area contributed by atoms with Gasteiger partial charge in [0.1, 0.15) is 5.82 Å². The zero-order chi connectivity index (χ0) is 16.2. The molecule has 120 valence electrons. The van der Waals surface area contributed by atoms with Gasteiger partial charge in [-0.2, -0.15) is 0 Å². The van der Waals surface area contributed by atoms with E-state index in [0.29, 0.717) is 6.42 Å². The SMILES string of the molecule is Cc1cc2nc(CCO)n(CCCc3ccccc3)c2cc1C. The Morgan fingerprint density at radius 1 is 1.00 bits per heavy atom. The molecule has 0 aliphatic rings. The van der Waals surface area contributed by atoms with Gasteiger partial charge >= 0.3 is 0 Å². The first-order chi connectivity index (χ1) is 11.2. The summed E-state index contributed by atoms with van der Waals surface area (Å²) < 4.78 is 2.28. The van der Waals surface area contributed by atoms with Crippen LogP contribution in [-0.2, 0) is 19.4 Å². The summed E-state index contributed by atoms with van der Waals surface area (Å²) in [6.45, 7) is 5.33. The van der Waals surface area contributed by atoms with E-state index in [9.17, 15) is 5.11 Å². The highest BCUT2D eigenvalue weighted by Gasteiger charge is 2.11. The zero-order valence-corrected chi connectivity index (χ0v) is 13.9. The van der Waals surface area contributed by atoms with Gasteiger partial charge in [0.25, 0.3) is 0 Å². The minimum absolute atomic E-state index is 0.139. The number of aliphatic hydroxyl groups is 1. The highest BCUT2D eigenvalue weighted by Crippen LogP contribution is 2.22. The maximum atomic E-state index is 9.33. The molecule has 0 fully saturated rings. The molecule has 0 saturated carbocycles. The molecule has 0 radical (unpaired) electrons. The highest BCUT2D eigenvalue weighted by molar-refractivity contribution is 5.78. The van der Waals surface area contributed by atoms with E-state index in [1.165, 1.54) is 22.2 Å². The van der Waals surface area contributed by atoms with Crippen molar-refractivity contribution in [1.29, 1.82) is 0 Å². The fourth-order valence-electron chi connectivity index (χ4n) is 3.06. The van der Waals surface area contributed by atoms with Crippen LogP contribution < -0.4 is 0 Å². The lowest BCUT2D eigenvalue weighted by atomic mass is 10.1. The van der Waals surface area contributed by atoms with Crippen molar-refractivity contribution >= 4 is 11.0 Å². The first-order valence-corrected chi connectivity index (χ1v) is 8.30. The number of nitrogens with zero attached hydrogens (tertiary/aromatic N) is 2. The van der Waals surface area contributed by atoms with Crippen molar-refractivity contribution in [2.24, 2.45) is 0 Å². The Kier molecular flexibility index (Phi) is 4.77. The third-order valence-electron chi connectivity index (χ3n) is 4.47. The number of aliphatic hydroxyl groups excluding tert-OH is 1. The maximum absolute atomic E-state index is 9.33. The standard InChI is InChI=1S/C20H24N2O/c1-15-13-18-19(14-16(15)2)22(20(21-18)10-12-23)11-6-9-17-7-4-3-5-8-17/h3-5,7-8,13-14,23H,6,9-12H2,1-2H3. The van der Waals surface area contributed by atoms with Gasteiger partial charge in [0, 0.05) is 13.0 Å². The van der Waals surface area contributed by atoms with E-state index >= 15 is 0 Å². The molecule has 0 bridgehead atoms. The number of benzene rings is 2. The van der Waals surface area contributed by atoms with Gasteiger partial charge in [-0.05, 0) is 55.5 Å². The second-order valence-corrected chi connectivity index (χ2v) is 6.17. The average Bonchev–Trinajstić information content (AvgIpc) is 2.86. The minimum Gasteiger partial charge on any atom is -0.396 e. The molecule has 0 saturated heterocycles. The molecule has 2 aromatic carbocycles. The Morgan fingerprint density at radius 2 is 1.74 bits per heavy atom. The number of imidazole rings is 1. The van der Waals surface area contributed by atoms with Crippen LogP contribution in [0.25, 0.3) is 11.0 Å². The summed E-state index contributed by atoms with van der Waals surface area (Å²) in [5.74, 6) is 0.987. The molecule has 3 heteroatoms. The van der Waals surface area contributed by atoms with Crippen LogP contribution in [0.15, 0.2) is 42.5 Å². The third-order valence-corrected chi connectivity index (χ3v) is 4.47. The Balaban J connectivity index is 1.85. The van der Waals surface area contributed by atoms with Crippen molar-refractivity contribution in [1.82, 2.24) is 9.55 Å². The minimum atomic E-state index is 0.139. The van der Waals surface area contributed by atoms with Crippen molar-refractivity contribution in [2.75, 3.05) is 6.61 Å². The normalized spacial score (nSPS) is 11.3. The van der Waals surface area contributed by atoms with Crippen LogP contribution in [0.3, 0.4) is 0 Å². The number of hydrogen-bond acceptors (Lipinski definition) is 2. The summed E-state index contributed by atoms with van der Waals surface area (Å²) in [6.07, 6.45) is 2.74. The lowest BCUT2D eigenvalue weighted by molar-refractivity contribution is 0.294. The van der Waals surface area contributed by atoms with Crippen LogP contribution in [0.5, 0.6) is 0 Å². The van der Waals surface area contributed by atoms with Crippen LogP contribution >= 0.6 is 0 Å². The highest BCUT2D eigenvalue weighted by atomic mass is 16.3. The molecule has 0 aliphatic carbocycles. The molecule has 1 N–H and O–H groups in total. The summed E-state index contributed by atoms with van der Waals surface area (Å²) in [5.41, 5.74) is 6.15. The van der Waals surface area contributed by atoms with E-state index in [1.807, 2.05) is 0 Å². The lowest BCUT2D eigenvalue weighted by Gasteiger charge is -2.09. The largest absolute Gasteiger partial charge is 0.396 e. The van der Waals surface area contributed by atoms with E-state index in [1.54, 1.807) is 0 Å². The molecule has 0 atom stereocenters. The fraction of sp³-hybridized carbons (Fsp3) is 0.350. The number of rotatable bonds is 6. The molecular weight excluding hydrogens is 284 g/mol. The Morgan fingerprint density at radius 3 is 2.48 bits per heavy atom. The summed E-state index contributed by atoms with van der Waals surface area (Å²) in [5, 5.41) is 9.33. The van der Waals surface area contributed by atoms with Crippen molar-refractivity contribution in [3.63, 3.8) is 0 Å². The van der Waals surface area contributed by atoms with E-state index in [-0.39, 0.29) is 6.61 Å². The van der Waals surface area contributed by atoms with Gasteiger partial charge in [0.05, 0.1) is 17.6 Å². The molecule has 0 aliphatic heterocycles. The second-order valence-electron chi connectivity index (χ2n) is 6.17. The van der Waals surface area contributed by atoms with Crippen molar-refractivity contribution in [3.8, 4) is 0 Å². The lowest BCUT2D eigenvalue weighted by Crippen LogP contribution is -2.07. The number of fused-ring (bicyclic) bond motifs is 1. The molecule has 3 aromatic rings. The Labute approximate surface area is 137 Å². The van der Waals surface area contributed by atoms with Crippen LogP contribution in [-0.4, -0.2) is 21.3 Å². The molecule has 0 spiro atoms. The van der Waals surface area contributed by atoms with Gasteiger partial charge < -0.3 is 9.67 Å². The number of hydrogen-bond donors (Lipinski definition) is 1. The van der Waals surface area contributed by atoms with Gasteiger partial charge in [-0.25, -0.2) is 4.98 Å². The second kappa shape index (κ2) is 6.97. The first kappa shape index (κ1) is 15.8. The van der Waals surface area contributed by atoms with Crippen LogP contribution in [0, 0.1) is 13.8 Å². The number of aryl methyl sites for hydroxylation is 4. The van der Waals surface area contributed by atoms with Crippen LogP contribution in [0.4, 0.5) is 0 Å². The van der Waals surface area contributed by atoms with Gasteiger partial charge in [-0.1, -0.05) is 30.3 Å². The van der Waals surface area contributed by atoms with E-state index in [2.05, 4.69) is 60.9 Å². The molecule has 0 amide bonds. The van der Waals surface area contributed by atoms with Crippen LogP contribution in [0.1, 0.15) is 28.9 Å². The quantitative estimate of drug-likeness (QED) is 0.752. The molecule has 1 heterocycles. The number of aromatic nitrogens is 2. The molecule has 0 unspecified atom stereocenters. The average molecular weight is 308 g/mol. The fourth-order valence-corrected chi connectivity index (χ4v) is 3.06. The molecule has 23 heavy (non-hydrogen) atoms. The van der Waals surface area contributed by atoms with Gasteiger partial charge in [0.15, 0.2) is 0 Å². The predicted octanol–water partition coefficient (Wildman–Crippen LogP) is 3.82. The molecular formula is C20H24N2O. The smallest absolute Gasteiger partial charge is 0.112 e.